The van der Waals surface area contributed by atoms with Crippen LogP contribution in [0.25, 0.3) is 10.2 Å². The van der Waals surface area contributed by atoms with E-state index in [4.69, 9.17) is 16.6 Å². The Morgan fingerprint density at radius 3 is 2.96 bits per heavy atom. The molecule has 1 saturated heterocycles. The molecule has 1 fully saturated rings. The van der Waals surface area contributed by atoms with E-state index in [1.54, 1.807) is 23.1 Å². The Morgan fingerprint density at radius 1 is 1.31 bits per heavy atom. The standard InChI is InChI=1S/C20H19ClN2OS2/c1-25-14-8-9-16(21)15(11-14)20(24)23-10-4-5-13(12-23)19-22-17-6-2-3-7-18(17)26-19/h2-3,6-9,11,13H,4-5,10,12H2,1H3/t13-/m1/s1. The van der Waals surface area contributed by atoms with Crippen LogP contribution in [0.2, 0.25) is 5.02 Å². The zero-order valence-corrected chi connectivity index (χ0v) is 16.8. The number of rotatable bonds is 3. The van der Waals surface area contributed by atoms with Gasteiger partial charge in [-0.3, -0.25) is 4.79 Å². The second-order valence-corrected chi connectivity index (χ2v) is 8.81. The van der Waals surface area contributed by atoms with Gasteiger partial charge >= 0.3 is 0 Å². The van der Waals surface area contributed by atoms with Gasteiger partial charge in [0.05, 0.1) is 25.8 Å². The molecule has 1 aromatic heterocycles. The van der Waals surface area contributed by atoms with E-state index in [2.05, 4.69) is 12.1 Å². The van der Waals surface area contributed by atoms with Crippen molar-refractivity contribution >= 4 is 50.8 Å². The van der Waals surface area contributed by atoms with Crippen LogP contribution in [0.3, 0.4) is 0 Å². The summed E-state index contributed by atoms with van der Waals surface area (Å²) in [5, 5.41) is 1.66. The second-order valence-electron chi connectivity index (χ2n) is 6.46. The SMILES string of the molecule is CSc1ccc(Cl)c(C(=O)N2CCC[C@@H](c3nc4ccccc4s3)C2)c1. The zero-order valence-electron chi connectivity index (χ0n) is 14.4. The number of fused-ring (bicyclic) bond motifs is 1. The highest BCUT2D eigenvalue weighted by Gasteiger charge is 2.28. The maximum atomic E-state index is 13.1. The van der Waals surface area contributed by atoms with Crippen molar-refractivity contribution in [1.82, 2.24) is 9.88 Å². The maximum absolute atomic E-state index is 13.1. The lowest BCUT2D eigenvalue weighted by molar-refractivity contribution is 0.0707. The van der Waals surface area contributed by atoms with Gasteiger partial charge in [-0.1, -0.05) is 23.7 Å². The number of piperidine rings is 1. The van der Waals surface area contributed by atoms with Crippen LogP contribution in [0.4, 0.5) is 0 Å². The molecule has 0 aliphatic carbocycles. The molecule has 134 valence electrons. The molecular weight excluding hydrogens is 384 g/mol. The molecule has 2 heterocycles. The summed E-state index contributed by atoms with van der Waals surface area (Å²) in [5.74, 6) is 0.323. The average Bonchev–Trinajstić information content (AvgIpc) is 3.12. The Labute approximate surface area is 166 Å². The van der Waals surface area contributed by atoms with Gasteiger partial charge in [0.25, 0.3) is 5.91 Å². The van der Waals surface area contributed by atoms with E-state index in [1.165, 1.54) is 4.70 Å². The number of thiazole rings is 1. The summed E-state index contributed by atoms with van der Waals surface area (Å²) < 4.78 is 1.21. The number of carbonyl (C=O) groups is 1. The second kappa shape index (κ2) is 7.59. The van der Waals surface area contributed by atoms with Gasteiger partial charge in [-0.2, -0.15) is 0 Å². The van der Waals surface area contributed by atoms with Crippen LogP contribution >= 0.6 is 34.7 Å². The number of benzene rings is 2. The van der Waals surface area contributed by atoms with Crippen molar-refractivity contribution in [3.63, 3.8) is 0 Å². The highest BCUT2D eigenvalue weighted by molar-refractivity contribution is 7.98. The van der Waals surface area contributed by atoms with Crippen molar-refractivity contribution in [2.45, 2.75) is 23.7 Å². The van der Waals surface area contributed by atoms with Gasteiger partial charge in [-0.15, -0.1) is 23.1 Å². The quantitative estimate of drug-likeness (QED) is 0.527. The monoisotopic (exact) mass is 402 g/mol. The average molecular weight is 403 g/mol. The third kappa shape index (κ3) is 3.48. The lowest BCUT2D eigenvalue weighted by Gasteiger charge is -2.32. The van der Waals surface area contributed by atoms with Crippen LogP contribution < -0.4 is 0 Å². The van der Waals surface area contributed by atoms with E-state index in [-0.39, 0.29) is 5.91 Å². The van der Waals surface area contributed by atoms with Crippen molar-refractivity contribution in [2.75, 3.05) is 19.3 Å². The van der Waals surface area contributed by atoms with E-state index in [1.807, 2.05) is 41.5 Å². The predicted octanol–water partition coefficient (Wildman–Crippen LogP) is 5.69. The summed E-state index contributed by atoms with van der Waals surface area (Å²) in [4.78, 5) is 20.8. The van der Waals surface area contributed by atoms with E-state index in [0.717, 1.165) is 34.8 Å². The van der Waals surface area contributed by atoms with Gasteiger partial charge in [-0.05, 0) is 49.4 Å². The smallest absolute Gasteiger partial charge is 0.255 e. The largest absolute Gasteiger partial charge is 0.338 e. The number of aromatic nitrogens is 1. The molecular formula is C20H19ClN2OS2. The topological polar surface area (TPSA) is 33.2 Å². The van der Waals surface area contributed by atoms with Crippen molar-refractivity contribution in [3.8, 4) is 0 Å². The van der Waals surface area contributed by atoms with Crippen LogP contribution in [-0.4, -0.2) is 35.1 Å². The van der Waals surface area contributed by atoms with Crippen LogP contribution in [-0.2, 0) is 0 Å². The molecule has 1 amide bonds. The highest BCUT2D eigenvalue weighted by Crippen LogP contribution is 2.34. The van der Waals surface area contributed by atoms with Gasteiger partial charge in [0.1, 0.15) is 0 Å². The fourth-order valence-corrected chi connectivity index (χ4v) is 5.12. The molecule has 1 aliphatic heterocycles. The summed E-state index contributed by atoms with van der Waals surface area (Å²) >= 11 is 9.67. The molecule has 1 aliphatic rings. The normalized spacial score (nSPS) is 17.6. The molecule has 0 unspecified atom stereocenters. The fraction of sp³-hybridized carbons (Fsp3) is 0.300. The van der Waals surface area contributed by atoms with Crippen LogP contribution in [0.5, 0.6) is 0 Å². The molecule has 6 heteroatoms. The molecule has 0 bridgehead atoms. The number of amides is 1. The van der Waals surface area contributed by atoms with Crippen molar-refractivity contribution in [1.29, 1.82) is 0 Å². The van der Waals surface area contributed by atoms with Crippen molar-refractivity contribution < 1.29 is 4.79 Å². The Kier molecular flexibility index (Phi) is 5.20. The van der Waals surface area contributed by atoms with E-state index in [9.17, 15) is 4.79 Å². The molecule has 26 heavy (non-hydrogen) atoms. The Balaban J connectivity index is 1.57. The molecule has 0 spiro atoms. The van der Waals surface area contributed by atoms with Gasteiger partial charge in [-0.25, -0.2) is 4.98 Å². The van der Waals surface area contributed by atoms with Gasteiger partial charge in [0, 0.05) is 23.9 Å². The Morgan fingerprint density at radius 2 is 2.15 bits per heavy atom. The van der Waals surface area contributed by atoms with E-state index < -0.39 is 0 Å². The van der Waals surface area contributed by atoms with Gasteiger partial charge in [0.15, 0.2) is 0 Å². The van der Waals surface area contributed by atoms with E-state index in [0.29, 0.717) is 23.0 Å². The first-order valence-electron chi connectivity index (χ1n) is 8.64. The minimum Gasteiger partial charge on any atom is -0.338 e. The summed E-state index contributed by atoms with van der Waals surface area (Å²) in [6, 6.07) is 13.9. The Hall–Kier alpha value is -1.56. The van der Waals surface area contributed by atoms with Gasteiger partial charge < -0.3 is 4.90 Å². The van der Waals surface area contributed by atoms with Gasteiger partial charge in [0.2, 0.25) is 0 Å². The first kappa shape index (κ1) is 17.8. The highest BCUT2D eigenvalue weighted by atomic mass is 35.5. The molecule has 2 aromatic carbocycles. The lowest BCUT2D eigenvalue weighted by atomic mass is 9.98. The number of nitrogens with zero attached hydrogens (tertiary/aromatic N) is 2. The third-order valence-corrected chi connectivity index (χ3v) is 7.03. The Bertz CT molecular complexity index is 923. The molecule has 3 nitrogen and oxygen atoms in total. The number of thioether (sulfide) groups is 1. The first-order chi connectivity index (χ1) is 12.7. The predicted molar refractivity (Wildman–Crippen MR) is 111 cm³/mol. The third-order valence-electron chi connectivity index (χ3n) is 4.77. The summed E-state index contributed by atoms with van der Waals surface area (Å²) in [6.07, 6.45) is 4.07. The zero-order chi connectivity index (χ0) is 18.1. The maximum Gasteiger partial charge on any atom is 0.255 e. The number of para-hydroxylation sites is 1. The number of likely N-dealkylation sites (tertiary alicyclic amines) is 1. The van der Waals surface area contributed by atoms with Crippen LogP contribution in [0, 0.1) is 0 Å². The van der Waals surface area contributed by atoms with E-state index >= 15 is 0 Å². The molecule has 1 atom stereocenters. The summed E-state index contributed by atoms with van der Waals surface area (Å²) in [5.41, 5.74) is 1.65. The molecule has 0 saturated carbocycles. The minimum absolute atomic E-state index is 0.0247. The number of carbonyl (C=O) groups excluding carboxylic acids is 1. The number of hydrogen-bond acceptors (Lipinski definition) is 4. The summed E-state index contributed by atoms with van der Waals surface area (Å²) in [7, 11) is 0. The first-order valence-corrected chi connectivity index (χ1v) is 11.1. The molecule has 0 radical (unpaired) electrons. The van der Waals surface area contributed by atoms with Crippen molar-refractivity contribution in [2.24, 2.45) is 0 Å². The number of hydrogen-bond donors (Lipinski definition) is 0. The number of halogens is 1. The minimum atomic E-state index is 0.0247. The molecule has 4 rings (SSSR count). The molecule has 0 N–H and O–H groups in total. The summed E-state index contributed by atoms with van der Waals surface area (Å²) in [6.45, 7) is 1.48. The molecule has 3 aromatic rings. The van der Waals surface area contributed by atoms with Crippen LogP contribution in [0.15, 0.2) is 47.4 Å². The van der Waals surface area contributed by atoms with Crippen LogP contribution in [0.1, 0.15) is 34.1 Å². The lowest BCUT2D eigenvalue weighted by Crippen LogP contribution is -2.39. The van der Waals surface area contributed by atoms with Crippen molar-refractivity contribution in [3.05, 3.63) is 58.1 Å². The fourth-order valence-electron chi connectivity index (χ4n) is 3.39.